The van der Waals surface area contributed by atoms with Gasteiger partial charge in [0, 0.05) is 0 Å². The average Bonchev–Trinajstić information content (AvgIpc) is 2.17. The molecule has 16 heavy (non-hydrogen) atoms. The number of aryl methyl sites for hydroxylation is 1. The van der Waals surface area contributed by atoms with Gasteiger partial charge in [-0.1, -0.05) is 6.07 Å². The highest BCUT2D eigenvalue weighted by Gasteiger charge is 2.16. The number of carbonyl (C=O) groups is 1. The summed E-state index contributed by atoms with van der Waals surface area (Å²) in [5.74, 6) is -0.665. The topological polar surface area (TPSA) is 69.7 Å². The van der Waals surface area contributed by atoms with Crippen molar-refractivity contribution in [2.45, 2.75) is 6.92 Å². The third-order valence-electron chi connectivity index (χ3n) is 1.78. The van der Waals surface area contributed by atoms with Crippen LogP contribution in [0.2, 0.25) is 0 Å². The number of hydrogen-bond donors (Lipinski definition) is 0. The lowest BCUT2D eigenvalue weighted by Crippen LogP contribution is -2.11. The van der Waals surface area contributed by atoms with Crippen LogP contribution in [0.4, 0.5) is 0 Å². The summed E-state index contributed by atoms with van der Waals surface area (Å²) in [4.78, 5) is 11.4. The Kier molecular flexibility index (Phi) is 3.54. The molecule has 0 N–H and O–H groups in total. The molecule has 0 bridgehead atoms. The summed E-state index contributed by atoms with van der Waals surface area (Å²) in [6.07, 6.45) is 0.911. The van der Waals surface area contributed by atoms with Crippen LogP contribution < -0.4 is 4.18 Å². The number of benzene rings is 1. The Balaban J connectivity index is 3.23. The first-order chi connectivity index (χ1) is 7.33. The normalized spacial score (nSPS) is 10.9. The summed E-state index contributed by atoms with van der Waals surface area (Å²) >= 11 is 0. The second-order valence-corrected chi connectivity index (χ2v) is 4.85. The smallest absolute Gasteiger partial charge is 0.341 e. The third kappa shape index (κ3) is 3.23. The van der Waals surface area contributed by atoms with Gasteiger partial charge in [0.2, 0.25) is 0 Å². The Hall–Kier alpha value is -1.56. The van der Waals surface area contributed by atoms with E-state index in [1.54, 1.807) is 13.0 Å². The summed E-state index contributed by atoms with van der Waals surface area (Å²) in [7, 11) is -2.44. The molecule has 0 fully saturated rings. The van der Waals surface area contributed by atoms with E-state index in [1.807, 2.05) is 0 Å². The monoisotopic (exact) mass is 244 g/mol. The van der Waals surface area contributed by atoms with E-state index in [0.717, 1.165) is 11.8 Å². The highest BCUT2D eigenvalue weighted by Crippen LogP contribution is 2.22. The van der Waals surface area contributed by atoms with Gasteiger partial charge in [0.05, 0.1) is 13.4 Å². The van der Waals surface area contributed by atoms with Crippen molar-refractivity contribution in [3.8, 4) is 5.75 Å². The molecule has 1 aromatic rings. The quantitative estimate of drug-likeness (QED) is 0.588. The first-order valence-electron chi connectivity index (χ1n) is 4.42. The van der Waals surface area contributed by atoms with Crippen LogP contribution in [0.3, 0.4) is 0 Å². The molecule has 0 amide bonds. The summed E-state index contributed by atoms with van der Waals surface area (Å²) < 4.78 is 31.2. The summed E-state index contributed by atoms with van der Waals surface area (Å²) in [5.41, 5.74) is 0.897. The molecule has 0 radical (unpaired) electrons. The maximum atomic E-state index is 11.4. The molecule has 0 atom stereocenters. The van der Waals surface area contributed by atoms with Gasteiger partial charge in [-0.15, -0.1) is 0 Å². The van der Waals surface area contributed by atoms with Crippen molar-refractivity contribution < 1.29 is 22.1 Å². The first kappa shape index (κ1) is 12.5. The zero-order chi connectivity index (χ0) is 12.3. The maximum absolute atomic E-state index is 11.4. The van der Waals surface area contributed by atoms with Gasteiger partial charge in [0.1, 0.15) is 5.56 Å². The molecule has 0 aromatic heterocycles. The van der Waals surface area contributed by atoms with Crippen LogP contribution in [0.25, 0.3) is 0 Å². The Morgan fingerprint density at radius 2 is 1.94 bits per heavy atom. The van der Waals surface area contributed by atoms with Crippen molar-refractivity contribution in [3.05, 3.63) is 29.3 Å². The lowest BCUT2D eigenvalue weighted by atomic mass is 10.1. The van der Waals surface area contributed by atoms with Crippen LogP contribution >= 0.6 is 0 Å². The first-order valence-corrected chi connectivity index (χ1v) is 6.23. The predicted molar refractivity (Wildman–Crippen MR) is 58.0 cm³/mol. The zero-order valence-corrected chi connectivity index (χ0v) is 10.00. The fourth-order valence-electron chi connectivity index (χ4n) is 1.15. The van der Waals surface area contributed by atoms with Gasteiger partial charge in [-0.25, -0.2) is 4.79 Å². The second kappa shape index (κ2) is 4.52. The van der Waals surface area contributed by atoms with E-state index < -0.39 is 16.1 Å². The van der Waals surface area contributed by atoms with Gasteiger partial charge in [-0.2, -0.15) is 8.42 Å². The largest absolute Gasteiger partial charge is 0.465 e. The zero-order valence-electron chi connectivity index (χ0n) is 9.18. The molecule has 0 aliphatic rings. The van der Waals surface area contributed by atoms with Crippen molar-refractivity contribution in [1.29, 1.82) is 0 Å². The number of carbonyl (C=O) groups excluding carboxylic acids is 1. The van der Waals surface area contributed by atoms with E-state index in [4.69, 9.17) is 0 Å². The third-order valence-corrected chi connectivity index (χ3v) is 2.26. The standard InChI is InChI=1S/C10H12O5S/c1-7-4-5-9(15-16(3,12)13)8(6-7)10(11)14-2/h4-6H,1-3H3. The Morgan fingerprint density at radius 1 is 1.31 bits per heavy atom. The summed E-state index contributed by atoms with van der Waals surface area (Å²) in [6.45, 7) is 1.77. The molecule has 5 nitrogen and oxygen atoms in total. The second-order valence-electron chi connectivity index (χ2n) is 3.28. The Labute approximate surface area is 94.1 Å². The lowest BCUT2D eigenvalue weighted by Gasteiger charge is -2.08. The van der Waals surface area contributed by atoms with Crippen molar-refractivity contribution in [3.63, 3.8) is 0 Å². The highest BCUT2D eigenvalue weighted by atomic mass is 32.2. The fourth-order valence-corrected chi connectivity index (χ4v) is 1.62. The van der Waals surface area contributed by atoms with Gasteiger partial charge in [-0.3, -0.25) is 0 Å². The Morgan fingerprint density at radius 3 is 2.44 bits per heavy atom. The summed E-state index contributed by atoms with van der Waals surface area (Å²) in [6, 6.07) is 4.57. The molecule has 0 heterocycles. The predicted octanol–water partition coefficient (Wildman–Crippen LogP) is 1.12. The number of ether oxygens (including phenoxy) is 1. The van der Waals surface area contributed by atoms with Crippen molar-refractivity contribution >= 4 is 16.1 Å². The van der Waals surface area contributed by atoms with E-state index in [2.05, 4.69) is 8.92 Å². The van der Waals surface area contributed by atoms with Crippen LogP contribution in [0, 0.1) is 6.92 Å². The van der Waals surface area contributed by atoms with E-state index in [9.17, 15) is 13.2 Å². The summed E-state index contributed by atoms with van der Waals surface area (Å²) in [5, 5.41) is 0. The van der Waals surface area contributed by atoms with Crippen molar-refractivity contribution in [2.75, 3.05) is 13.4 Å². The molecule has 0 spiro atoms. The minimum atomic E-state index is -3.66. The maximum Gasteiger partial charge on any atom is 0.341 e. The van der Waals surface area contributed by atoms with E-state index in [0.29, 0.717) is 0 Å². The fraction of sp³-hybridized carbons (Fsp3) is 0.300. The molecule has 0 aliphatic heterocycles. The molecule has 0 saturated carbocycles. The number of esters is 1. The van der Waals surface area contributed by atoms with Crippen molar-refractivity contribution in [2.24, 2.45) is 0 Å². The van der Waals surface area contributed by atoms with E-state index in [-0.39, 0.29) is 11.3 Å². The van der Waals surface area contributed by atoms with Gasteiger partial charge in [-0.05, 0) is 24.6 Å². The molecule has 0 aliphatic carbocycles. The number of hydrogen-bond acceptors (Lipinski definition) is 5. The van der Waals surface area contributed by atoms with E-state index >= 15 is 0 Å². The molecule has 0 saturated heterocycles. The van der Waals surface area contributed by atoms with Crippen LogP contribution in [-0.2, 0) is 14.9 Å². The lowest BCUT2D eigenvalue weighted by molar-refractivity contribution is 0.0599. The van der Waals surface area contributed by atoms with Gasteiger partial charge < -0.3 is 8.92 Å². The number of methoxy groups -OCH3 is 1. The molecular weight excluding hydrogens is 232 g/mol. The SMILES string of the molecule is COC(=O)c1cc(C)ccc1OS(C)(=O)=O. The molecule has 1 aromatic carbocycles. The minimum Gasteiger partial charge on any atom is -0.465 e. The van der Waals surface area contributed by atoms with Crippen LogP contribution in [0.15, 0.2) is 18.2 Å². The molecule has 88 valence electrons. The van der Waals surface area contributed by atoms with E-state index in [1.165, 1.54) is 19.2 Å². The van der Waals surface area contributed by atoms with Gasteiger partial charge in [0.25, 0.3) is 0 Å². The molecular formula is C10H12O5S. The van der Waals surface area contributed by atoms with Crippen molar-refractivity contribution in [1.82, 2.24) is 0 Å². The molecule has 6 heteroatoms. The number of rotatable bonds is 3. The average molecular weight is 244 g/mol. The van der Waals surface area contributed by atoms with Gasteiger partial charge >= 0.3 is 16.1 Å². The molecule has 1 rings (SSSR count). The Bertz CT molecular complexity index is 504. The van der Waals surface area contributed by atoms with Gasteiger partial charge in [0.15, 0.2) is 5.75 Å². The molecule has 0 unspecified atom stereocenters. The highest BCUT2D eigenvalue weighted by molar-refractivity contribution is 7.86. The van der Waals surface area contributed by atoms with Crippen LogP contribution in [0.1, 0.15) is 15.9 Å². The van der Waals surface area contributed by atoms with Crippen LogP contribution in [0.5, 0.6) is 5.75 Å². The minimum absolute atomic E-state index is 0.0278. The van der Waals surface area contributed by atoms with Crippen LogP contribution in [-0.4, -0.2) is 27.8 Å².